The summed E-state index contributed by atoms with van der Waals surface area (Å²) in [6, 6.07) is 0. The third kappa shape index (κ3) is 42.2. The molecule has 16 heteroatoms. The van der Waals surface area contributed by atoms with E-state index in [1.54, 1.807) is 0 Å². The van der Waals surface area contributed by atoms with Crippen LogP contribution in [0.5, 0.6) is 0 Å². The molecule has 3 amide bonds. The Morgan fingerprint density at radius 2 is 0.622 bits per heavy atom. The first-order valence-electron chi connectivity index (χ1n) is 8.33. The standard InChI is InChI=1S/3C6H9NO3.3CO.Fe/c3*1-4(6(9)10-3)7-5(2)8;3*1-2;/h3*1H2,2-3H3,(H,7,8);;;;/q;;;;;;+3/p-3. The molecule has 0 aliphatic rings. The number of nitrogens with zero attached hydrogens (tertiary/aromatic N) is 3. The van der Waals surface area contributed by atoms with E-state index in [9.17, 15) is 28.8 Å². The van der Waals surface area contributed by atoms with Gasteiger partial charge in [-0.15, -0.1) is 19.7 Å². The third-order valence-electron chi connectivity index (χ3n) is 2.14. The molecule has 0 saturated heterocycles. The fourth-order valence-corrected chi connectivity index (χ4v) is 1.06. The van der Waals surface area contributed by atoms with Crippen LogP contribution in [-0.4, -0.2) is 77.3 Å². The van der Waals surface area contributed by atoms with Crippen LogP contribution in [0.3, 0.4) is 0 Å². The fraction of sp³-hybridized carbons (Fsp3) is 0.286. The van der Waals surface area contributed by atoms with Crippen molar-refractivity contribution in [1.29, 1.82) is 0 Å². The van der Waals surface area contributed by atoms with Crippen molar-refractivity contribution in [2.24, 2.45) is 0 Å². The number of carbonyl (C=O) groups excluding carboxylic acids is 9. The van der Waals surface area contributed by atoms with E-state index >= 15 is 0 Å². The topological polar surface area (TPSA) is 224 Å². The molecule has 0 aromatic heterocycles. The molecule has 15 nitrogen and oxygen atoms in total. The molecule has 0 heterocycles. The van der Waals surface area contributed by atoms with Crippen LogP contribution >= 0.6 is 0 Å². The molecule has 0 unspecified atom stereocenters. The zero-order valence-electron chi connectivity index (χ0n) is 20.7. The van der Waals surface area contributed by atoms with Crippen molar-refractivity contribution in [2.45, 2.75) is 20.8 Å². The number of rotatable bonds is 6. The largest absolute Gasteiger partial charge is 3.00 e. The van der Waals surface area contributed by atoms with Gasteiger partial charge in [-0.2, -0.15) is 0 Å². The fourth-order valence-electron chi connectivity index (χ4n) is 1.06. The van der Waals surface area contributed by atoms with Crippen molar-refractivity contribution in [3.05, 3.63) is 52.8 Å². The van der Waals surface area contributed by atoms with E-state index in [1.165, 1.54) is 42.1 Å². The zero-order chi connectivity index (χ0) is 30.4. The molecule has 0 saturated carbocycles. The number of hydrogen-bond acceptors (Lipinski definition) is 12. The second kappa shape index (κ2) is 36.1. The van der Waals surface area contributed by atoms with Gasteiger partial charge in [0.25, 0.3) is 20.4 Å². The van der Waals surface area contributed by atoms with Crippen LogP contribution in [0.15, 0.2) is 36.8 Å². The molecule has 37 heavy (non-hydrogen) atoms. The van der Waals surface area contributed by atoms with Gasteiger partial charge in [-0.1, -0.05) is 17.1 Å². The van der Waals surface area contributed by atoms with E-state index in [0.29, 0.717) is 0 Å². The van der Waals surface area contributed by atoms with Crippen LogP contribution in [0.25, 0.3) is 16.0 Å². The van der Waals surface area contributed by atoms with Crippen LogP contribution in [0.1, 0.15) is 20.8 Å². The van der Waals surface area contributed by atoms with Gasteiger partial charge in [0.2, 0.25) is 0 Å². The van der Waals surface area contributed by atoms with Gasteiger partial charge in [-0.05, 0) is 20.8 Å². The van der Waals surface area contributed by atoms with Gasteiger partial charge < -0.3 is 44.5 Å². The first kappa shape index (κ1) is 49.6. The average Bonchev–Trinajstić information content (AvgIpc) is 2.85. The predicted octanol–water partition coefficient (Wildman–Crippen LogP) is 0.586. The first-order chi connectivity index (χ1) is 16.7. The Balaban J connectivity index is -0.0000000651. The summed E-state index contributed by atoms with van der Waals surface area (Å²) >= 11 is 0. The van der Waals surface area contributed by atoms with Gasteiger partial charge in [0.05, 0.1) is 39.1 Å². The summed E-state index contributed by atoms with van der Waals surface area (Å²) in [6.07, 6.45) is 0. The Morgan fingerprint density at radius 1 is 0.486 bits per heavy atom. The molecular weight excluding hydrogens is 542 g/mol. The first-order valence-corrected chi connectivity index (χ1v) is 8.33. The second-order valence-electron chi connectivity index (χ2n) is 4.71. The van der Waals surface area contributed by atoms with Crippen molar-refractivity contribution in [1.82, 2.24) is 0 Å². The van der Waals surface area contributed by atoms with Crippen LogP contribution < -0.4 is 0 Å². The second-order valence-corrected chi connectivity index (χ2v) is 4.71. The number of carbonyl (C=O) groups is 6. The number of methoxy groups -OCH3 is 3. The molecular formula is C21H24FeN3O12. The van der Waals surface area contributed by atoms with Gasteiger partial charge in [0.1, 0.15) is 0 Å². The van der Waals surface area contributed by atoms with E-state index in [0.717, 1.165) is 0 Å². The Kier molecular flexibility index (Phi) is 48.5. The molecule has 0 rings (SSSR count). The van der Waals surface area contributed by atoms with Crippen molar-refractivity contribution in [2.75, 3.05) is 21.3 Å². The summed E-state index contributed by atoms with van der Waals surface area (Å²) < 4.78 is 12.7. The summed E-state index contributed by atoms with van der Waals surface area (Å²) in [5.41, 5.74) is -0.514. The van der Waals surface area contributed by atoms with E-state index in [2.05, 4.69) is 70.3 Å². The quantitative estimate of drug-likeness (QED) is 0.186. The van der Waals surface area contributed by atoms with E-state index in [-0.39, 0.29) is 34.2 Å². The summed E-state index contributed by atoms with van der Waals surface area (Å²) in [5.74, 6) is -3.44. The van der Waals surface area contributed by atoms with Crippen LogP contribution in [0.2, 0.25) is 0 Å². The Bertz CT molecular complexity index is 670. The SMILES string of the molecule is C=C([N-]C(C)=O)C(=O)OC.C=C([N-]C(C)=O)C(=O)OC.C=C([N-]C(C)=O)C(=O)OC.[C]=O.[C]=O.[C]=O.[Fe+3]. The number of hydrogen-bond donors (Lipinski definition) is 0. The van der Waals surface area contributed by atoms with Crippen LogP contribution in [0, 0.1) is 0 Å². The molecule has 0 bridgehead atoms. The Morgan fingerprint density at radius 3 is 0.703 bits per heavy atom. The monoisotopic (exact) mass is 566 g/mol. The van der Waals surface area contributed by atoms with Crippen molar-refractivity contribution < 1.29 is 74.4 Å². The van der Waals surface area contributed by atoms with Gasteiger partial charge >= 0.3 is 35.0 Å². The number of amides is 3. The van der Waals surface area contributed by atoms with Gasteiger partial charge in [0, 0.05) is 0 Å². The summed E-state index contributed by atoms with van der Waals surface area (Å²) in [4.78, 5) is 84.7. The molecule has 0 N–H and O–H groups in total. The molecule has 0 aliphatic carbocycles. The molecule has 7 radical (unpaired) electrons. The summed E-state index contributed by atoms with van der Waals surface area (Å²) in [6.45, 7) is 26.8. The van der Waals surface area contributed by atoms with Gasteiger partial charge in [-0.3, -0.25) is 14.4 Å². The molecule has 0 fully saturated rings. The molecule has 0 aliphatic heterocycles. The maximum Gasteiger partial charge on any atom is 3.00 e. The smallest absolute Gasteiger partial charge is 0.622 e. The van der Waals surface area contributed by atoms with Crippen LogP contribution in [0.4, 0.5) is 0 Å². The van der Waals surface area contributed by atoms with E-state index in [1.807, 2.05) is 0 Å². The van der Waals surface area contributed by atoms with Gasteiger partial charge in [0.15, 0.2) is 0 Å². The van der Waals surface area contributed by atoms with Crippen molar-refractivity contribution in [3.63, 3.8) is 0 Å². The number of ether oxygens (including phenoxy) is 3. The average molecular weight is 566 g/mol. The van der Waals surface area contributed by atoms with E-state index in [4.69, 9.17) is 14.4 Å². The van der Waals surface area contributed by atoms with Crippen molar-refractivity contribution >= 4 is 56.0 Å². The molecule has 0 spiro atoms. The normalized spacial score (nSPS) is 6.97. The maximum absolute atomic E-state index is 10.5. The van der Waals surface area contributed by atoms with E-state index < -0.39 is 35.6 Å². The Hall–Kier alpha value is -4.43. The minimum absolute atomic E-state index is 0. The summed E-state index contributed by atoms with van der Waals surface area (Å²) in [7, 11) is 3.59. The molecule has 0 atom stereocenters. The summed E-state index contributed by atoms with van der Waals surface area (Å²) in [5, 5.41) is 9.72. The van der Waals surface area contributed by atoms with Crippen molar-refractivity contribution in [3.8, 4) is 0 Å². The van der Waals surface area contributed by atoms with Gasteiger partial charge in [-0.25, -0.2) is 14.4 Å². The molecule has 0 aromatic rings. The van der Waals surface area contributed by atoms with Crippen LogP contribution in [-0.2, 0) is 74.4 Å². The Labute approximate surface area is 225 Å². The molecule has 0 aromatic carbocycles. The number of esters is 3. The predicted molar refractivity (Wildman–Crippen MR) is 123 cm³/mol. The minimum atomic E-state index is -0.685. The maximum atomic E-state index is 10.5. The zero-order valence-corrected chi connectivity index (χ0v) is 21.8. The molecule has 203 valence electrons. The third-order valence-corrected chi connectivity index (χ3v) is 2.14. The minimum Gasteiger partial charge on any atom is -0.622 e.